The number of anilines is 1. The third-order valence-electron chi connectivity index (χ3n) is 4.42. The average Bonchev–Trinajstić information content (AvgIpc) is 3.05. The first-order chi connectivity index (χ1) is 11.8. The Morgan fingerprint density at radius 2 is 2.12 bits per heavy atom. The first-order valence-electron chi connectivity index (χ1n) is 8.77. The SMILES string of the molecule is CCOC(=O)CCCS(=O)(=O)N1CCCC1c1cccc(N(C)C)c1. The van der Waals surface area contributed by atoms with E-state index in [4.69, 9.17) is 4.74 Å². The number of nitrogens with zero attached hydrogens (tertiary/aromatic N) is 2. The second-order valence-corrected chi connectivity index (χ2v) is 8.52. The number of hydrogen-bond donors (Lipinski definition) is 0. The molecule has 0 bridgehead atoms. The molecule has 0 radical (unpaired) electrons. The molecular weight excluding hydrogens is 340 g/mol. The van der Waals surface area contributed by atoms with E-state index in [0.29, 0.717) is 19.6 Å². The van der Waals surface area contributed by atoms with Gasteiger partial charge in [-0.3, -0.25) is 4.79 Å². The summed E-state index contributed by atoms with van der Waals surface area (Å²) in [5.74, 6) is -0.357. The van der Waals surface area contributed by atoms with E-state index in [1.165, 1.54) is 0 Å². The van der Waals surface area contributed by atoms with Crippen LogP contribution in [-0.2, 0) is 19.6 Å². The van der Waals surface area contributed by atoms with Gasteiger partial charge in [0.25, 0.3) is 0 Å². The van der Waals surface area contributed by atoms with Crippen molar-refractivity contribution in [1.29, 1.82) is 0 Å². The van der Waals surface area contributed by atoms with Gasteiger partial charge in [0, 0.05) is 38.8 Å². The second kappa shape index (κ2) is 8.67. The van der Waals surface area contributed by atoms with E-state index in [9.17, 15) is 13.2 Å². The summed E-state index contributed by atoms with van der Waals surface area (Å²) in [5.41, 5.74) is 2.08. The molecule has 0 amide bonds. The van der Waals surface area contributed by atoms with Crippen molar-refractivity contribution in [2.45, 2.75) is 38.6 Å². The van der Waals surface area contributed by atoms with E-state index >= 15 is 0 Å². The number of hydrogen-bond acceptors (Lipinski definition) is 5. The zero-order valence-electron chi connectivity index (χ0n) is 15.3. The highest BCUT2D eigenvalue weighted by Crippen LogP contribution is 2.35. The minimum Gasteiger partial charge on any atom is -0.466 e. The smallest absolute Gasteiger partial charge is 0.305 e. The zero-order chi connectivity index (χ0) is 18.4. The van der Waals surface area contributed by atoms with Crippen molar-refractivity contribution >= 4 is 21.7 Å². The van der Waals surface area contributed by atoms with Gasteiger partial charge in [-0.25, -0.2) is 8.42 Å². The maximum Gasteiger partial charge on any atom is 0.305 e. The lowest BCUT2D eigenvalue weighted by Crippen LogP contribution is -2.33. The Hall–Kier alpha value is -1.60. The molecule has 1 unspecified atom stereocenters. The fraction of sp³-hybridized carbons (Fsp3) is 0.611. The summed E-state index contributed by atoms with van der Waals surface area (Å²) in [6.45, 7) is 2.60. The molecule has 0 saturated carbocycles. The van der Waals surface area contributed by atoms with Crippen molar-refractivity contribution in [3.63, 3.8) is 0 Å². The molecule has 2 rings (SSSR count). The Kier molecular flexibility index (Phi) is 6.84. The highest BCUT2D eigenvalue weighted by atomic mass is 32.2. The second-order valence-electron chi connectivity index (χ2n) is 6.48. The highest BCUT2D eigenvalue weighted by Gasteiger charge is 2.34. The minimum absolute atomic E-state index is 0.0182. The van der Waals surface area contributed by atoms with Gasteiger partial charge < -0.3 is 9.64 Å². The van der Waals surface area contributed by atoms with Crippen LogP contribution in [0.4, 0.5) is 5.69 Å². The van der Waals surface area contributed by atoms with Gasteiger partial charge in [0.2, 0.25) is 10.0 Å². The van der Waals surface area contributed by atoms with Crippen LogP contribution in [0, 0.1) is 0 Å². The maximum atomic E-state index is 12.7. The Morgan fingerprint density at radius 1 is 1.36 bits per heavy atom. The number of esters is 1. The van der Waals surface area contributed by atoms with Gasteiger partial charge in [0.05, 0.1) is 12.4 Å². The normalized spacial score (nSPS) is 18.3. The van der Waals surface area contributed by atoms with Crippen LogP contribution < -0.4 is 4.90 Å². The summed E-state index contributed by atoms with van der Waals surface area (Å²) in [6.07, 6.45) is 2.12. The van der Waals surface area contributed by atoms with Gasteiger partial charge in [-0.15, -0.1) is 0 Å². The fourth-order valence-electron chi connectivity index (χ4n) is 3.17. The van der Waals surface area contributed by atoms with E-state index in [-0.39, 0.29) is 24.2 Å². The first-order valence-corrected chi connectivity index (χ1v) is 10.4. The predicted molar refractivity (Wildman–Crippen MR) is 99.1 cm³/mol. The number of carbonyl (C=O) groups excluding carboxylic acids is 1. The summed E-state index contributed by atoms with van der Waals surface area (Å²) in [6, 6.07) is 7.90. The van der Waals surface area contributed by atoms with Crippen LogP contribution in [0.3, 0.4) is 0 Å². The van der Waals surface area contributed by atoms with Crippen LogP contribution in [0.2, 0.25) is 0 Å². The van der Waals surface area contributed by atoms with Crippen molar-refractivity contribution in [1.82, 2.24) is 4.31 Å². The van der Waals surface area contributed by atoms with Gasteiger partial charge in [-0.1, -0.05) is 12.1 Å². The zero-order valence-corrected chi connectivity index (χ0v) is 16.1. The van der Waals surface area contributed by atoms with Crippen molar-refractivity contribution in [3.05, 3.63) is 29.8 Å². The molecule has 7 heteroatoms. The van der Waals surface area contributed by atoms with E-state index in [2.05, 4.69) is 6.07 Å². The first kappa shape index (κ1) is 19.7. The maximum absolute atomic E-state index is 12.7. The summed E-state index contributed by atoms with van der Waals surface area (Å²) in [7, 11) is 0.551. The van der Waals surface area contributed by atoms with Crippen LogP contribution in [0.5, 0.6) is 0 Å². The molecule has 0 aromatic heterocycles. The molecule has 1 saturated heterocycles. The molecular formula is C18H28N2O4S. The van der Waals surface area contributed by atoms with Gasteiger partial charge in [0.15, 0.2) is 0 Å². The Labute approximate surface area is 150 Å². The number of carbonyl (C=O) groups is 1. The molecule has 140 valence electrons. The van der Waals surface area contributed by atoms with E-state index < -0.39 is 10.0 Å². The lowest BCUT2D eigenvalue weighted by atomic mass is 10.0. The Balaban J connectivity index is 2.07. The molecule has 25 heavy (non-hydrogen) atoms. The summed E-state index contributed by atoms with van der Waals surface area (Å²) in [5, 5.41) is 0. The van der Waals surface area contributed by atoms with E-state index in [1.807, 2.05) is 37.2 Å². The van der Waals surface area contributed by atoms with Crippen LogP contribution in [0.1, 0.15) is 44.2 Å². The van der Waals surface area contributed by atoms with Crippen LogP contribution in [0.15, 0.2) is 24.3 Å². The van der Waals surface area contributed by atoms with Crippen molar-refractivity contribution in [3.8, 4) is 0 Å². The van der Waals surface area contributed by atoms with Crippen LogP contribution in [-0.4, -0.2) is 51.7 Å². The summed E-state index contributed by atoms with van der Waals surface area (Å²) >= 11 is 0. The third kappa shape index (κ3) is 5.19. The number of ether oxygens (including phenoxy) is 1. The number of rotatable bonds is 8. The predicted octanol–water partition coefficient (Wildman–Crippen LogP) is 2.56. The van der Waals surface area contributed by atoms with E-state index in [1.54, 1.807) is 11.2 Å². The molecule has 1 atom stereocenters. The van der Waals surface area contributed by atoms with Crippen LogP contribution >= 0.6 is 0 Å². The van der Waals surface area contributed by atoms with Crippen molar-refractivity contribution in [2.75, 3.05) is 37.9 Å². The lowest BCUT2D eigenvalue weighted by Gasteiger charge is -2.25. The number of sulfonamides is 1. The molecule has 1 aliphatic rings. The molecule has 1 aliphatic heterocycles. The highest BCUT2D eigenvalue weighted by molar-refractivity contribution is 7.89. The average molecular weight is 368 g/mol. The van der Waals surface area contributed by atoms with Crippen molar-refractivity contribution in [2.24, 2.45) is 0 Å². The molecule has 6 nitrogen and oxygen atoms in total. The number of benzene rings is 1. The molecule has 1 heterocycles. The quantitative estimate of drug-likeness (QED) is 0.660. The van der Waals surface area contributed by atoms with Crippen molar-refractivity contribution < 1.29 is 17.9 Å². The monoisotopic (exact) mass is 368 g/mol. The molecule has 0 aliphatic carbocycles. The fourth-order valence-corrected chi connectivity index (χ4v) is 4.93. The van der Waals surface area contributed by atoms with E-state index in [0.717, 1.165) is 24.1 Å². The summed E-state index contributed by atoms with van der Waals surface area (Å²) < 4.78 is 31.9. The topological polar surface area (TPSA) is 66.9 Å². The van der Waals surface area contributed by atoms with Gasteiger partial charge in [-0.2, -0.15) is 4.31 Å². The molecule has 1 aromatic carbocycles. The largest absolute Gasteiger partial charge is 0.466 e. The molecule has 0 spiro atoms. The van der Waals surface area contributed by atoms with Gasteiger partial charge in [-0.05, 0) is 43.9 Å². The molecule has 0 N–H and O–H groups in total. The third-order valence-corrected chi connectivity index (χ3v) is 6.38. The lowest BCUT2D eigenvalue weighted by molar-refractivity contribution is -0.143. The molecule has 1 aromatic rings. The van der Waals surface area contributed by atoms with Crippen LogP contribution in [0.25, 0.3) is 0 Å². The Bertz CT molecular complexity index is 688. The standard InChI is InChI=1S/C18H28N2O4S/c1-4-24-18(21)11-7-13-25(22,23)20-12-6-10-17(20)15-8-5-9-16(14-15)19(2)3/h5,8-9,14,17H,4,6-7,10-13H2,1-3H3. The molecule has 1 fully saturated rings. The Morgan fingerprint density at radius 3 is 2.80 bits per heavy atom. The van der Waals surface area contributed by atoms with Gasteiger partial charge in [0.1, 0.15) is 0 Å². The van der Waals surface area contributed by atoms with Gasteiger partial charge >= 0.3 is 5.97 Å². The minimum atomic E-state index is -3.39. The summed E-state index contributed by atoms with van der Waals surface area (Å²) in [4.78, 5) is 13.4.